The standard InChI is InChI=1S/C20H25N5O2/c1-15-17(13-22-18(23-15)16-4-3-7-21-12-16)19(26)25-8-5-20(6-9-25)14-24(2)10-11-27-20/h3-4,7,12-13H,5-6,8-11,14H2,1-2H3. The summed E-state index contributed by atoms with van der Waals surface area (Å²) >= 11 is 0. The molecular formula is C20H25N5O2. The number of carbonyl (C=O) groups is 1. The highest BCUT2D eigenvalue weighted by Crippen LogP contribution is 2.30. The van der Waals surface area contributed by atoms with Crippen molar-refractivity contribution in [2.45, 2.75) is 25.4 Å². The first-order valence-corrected chi connectivity index (χ1v) is 9.42. The molecule has 4 rings (SSSR count). The number of likely N-dealkylation sites (tertiary alicyclic amines) is 1. The highest BCUT2D eigenvalue weighted by atomic mass is 16.5. The van der Waals surface area contributed by atoms with Gasteiger partial charge in [-0.25, -0.2) is 9.97 Å². The number of ether oxygens (including phenoxy) is 1. The highest BCUT2D eigenvalue weighted by Gasteiger charge is 2.40. The lowest BCUT2D eigenvalue weighted by Gasteiger charge is -2.46. The number of hydrogen-bond acceptors (Lipinski definition) is 6. The van der Waals surface area contributed by atoms with E-state index in [1.165, 1.54) is 0 Å². The van der Waals surface area contributed by atoms with Crippen LogP contribution in [0.5, 0.6) is 0 Å². The first kappa shape index (κ1) is 18.0. The molecule has 4 heterocycles. The smallest absolute Gasteiger partial charge is 0.257 e. The van der Waals surface area contributed by atoms with Crippen LogP contribution in [0.3, 0.4) is 0 Å². The topological polar surface area (TPSA) is 71.5 Å². The van der Waals surface area contributed by atoms with Crippen molar-refractivity contribution in [3.8, 4) is 11.4 Å². The van der Waals surface area contributed by atoms with E-state index in [0.29, 0.717) is 30.2 Å². The number of rotatable bonds is 2. The van der Waals surface area contributed by atoms with E-state index in [1.54, 1.807) is 18.6 Å². The van der Waals surface area contributed by atoms with E-state index in [0.717, 1.165) is 38.1 Å². The van der Waals surface area contributed by atoms with Crippen LogP contribution in [-0.2, 0) is 4.74 Å². The molecule has 0 radical (unpaired) electrons. The Kier molecular flexibility index (Phi) is 4.88. The van der Waals surface area contributed by atoms with Crippen LogP contribution >= 0.6 is 0 Å². The van der Waals surface area contributed by atoms with Crippen LogP contribution in [0.25, 0.3) is 11.4 Å². The second kappa shape index (κ2) is 7.32. The van der Waals surface area contributed by atoms with Crippen LogP contribution in [0.1, 0.15) is 28.9 Å². The molecule has 7 heteroatoms. The predicted molar refractivity (Wildman–Crippen MR) is 101 cm³/mol. The van der Waals surface area contributed by atoms with Gasteiger partial charge in [0.25, 0.3) is 5.91 Å². The minimum absolute atomic E-state index is 0.00394. The van der Waals surface area contributed by atoms with Crippen LogP contribution in [0.2, 0.25) is 0 Å². The molecule has 0 atom stereocenters. The monoisotopic (exact) mass is 367 g/mol. The van der Waals surface area contributed by atoms with Crippen molar-refractivity contribution in [2.75, 3.05) is 39.8 Å². The number of amides is 1. The van der Waals surface area contributed by atoms with Gasteiger partial charge in [-0.15, -0.1) is 0 Å². The maximum atomic E-state index is 13.0. The Hall–Kier alpha value is -2.38. The Balaban J connectivity index is 1.46. The van der Waals surface area contributed by atoms with E-state index in [9.17, 15) is 4.79 Å². The predicted octanol–water partition coefficient (Wildman–Crippen LogP) is 1.78. The molecule has 2 saturated heterocycles. The second-order valence-corrected chi connectivity index (χ2v) is 7.50. The fourth-order valence-corrected chi connectivity index (χ4v) is 3.94. The van der Waals surface area contributed by atoms with Crippen molar-refractivity contribution in [1.82, 2.24) is 24.8 Å². The molecule has 1 spiro atoms. The maximum absolute atomic E-state index is 13.0. The number of pyridine rings is 1. The molecule has 0 aliphatic carbocycles. The molecule has 0 saturated carbocycles. The molecule has 2 aromatic heterocycles. The van der Waals surface area contributed by atoms with Crippen LogP contribution in [0.4, 0.5) is 0 Å². The van der Waals surface area contributed by atoms with Gasteiger partial charge < -0.3 is 14.5 Å². The summed E-state index contributed by atoms with van der Waals surface area (Å²) < 4.78 is 6.09. The Labute approximate surface area is 159 Å². The minimum Gasteiger partial charge on any atom is -0.372 e. The Morgan fingerprint density at radius 3 is 2.70 bits per heavy atom. The molecule has 7 nitrogen and oxygen atoms in total. The van der Waals surface area contributed by atoms with Crippen molar-refractivity contribution in [1.29, 1.82) is 0 Å². The molecule has 27 heavy (non-hydrogen) atoms. The van der Waals surface area contributed by atoms with Crippen molar-refractivity contribution >= 4 is 5.91 Å². The molecule has 2 aromatic rings. The summed E-state index contributed by atoms with van der Waals surface area (Å²) in [4.78, 5) is 30.2. The SMILES string of the molecule is Cc1nc(-c2cccnc2)ncc1C(=O)N1CCC2(CC1)CN(C)CCO2. The summed E-state index contributed by atoms with van der Waals surface area (Å²) in [6.07, 6.45) is 6.82. The van der Waals surface area contributed by atoms with Gasteiger partial charge in [0.1, 0.15) is 0 Å². The van der Waals surface area contributed by atoms with Crippen LogP contribution in [0.15, 0.2) is 30.7 Å². The van der Waals surface area contributed by atoms with Gasteiger partial charge in [-0.2, -0.15) is 0 Å². The zero-order valence-corrected chi connectivity index (χ0v) is 15.9. The number of aryl methyl sites for hydroxylation is 1. The fraction of sp³-hybridized carbons (Fsp3) is 0.500. The molecule has 0 unspecified atom stereocenters. The summed E-state index contributed by atoms with van der Waals surface area (Å²) in [6, 6.07) is 3.76. The van der Waals surface area contributed by atoms with E-state index in [2.05, 4.69) is 26.9 Å². The van der Waals surface area contributed by atoms with Gasteiger partial charge in [-0.3, -0.25) is 9.78 Å². The quantitative estimate of drug-likeness (QED) is 0.806. The van der Waals surface area contributed by atoms with Crippen LogP contribution in [-0.4, -0.2) is 76.1 Å². The number of piperidine rings is 1. The van der Waals surface area contributed by atoms with Crippen molar-refractivity contribution in [2.24, 2.45) is 0 Å². The summed E-state index contributed by atoms with van der Waals surface area (Å²) in [7, 11) is 2.13. The fourth-order valence-electron chi connectivity index (χ4n) is 3.94. The van der Waals surface area contributed by atoms with Crippen molar-refractivity contribution in [3.63, 3.8) is 0 Å². The lowest BCUT2D eigenvalue weighted by molar-refractivity contribution is -0.127. The number of morpholine rings is 1. The highest BCUT2D eigenvalue weighted by molar-refractivity contribution is 5.95. The molecular weight excluding hydrogens is 342 g/mol. The number of hydrogen-bond donors (Lipinski definition) is 0. The minimum atomic E-state index is -0.0977. The van der Waals surface area contributed by atoms with Gasteiger partial charge in [0.2, 0.25) is 0 Å². The van der Waals surface area contributed by atoms with Crippen molar-refractivity contribution < 1.29 is 9.53 Å². The van der Waals surface area contributed by atoms with E-state index >= 15 is 0 Å². The first-order chi connectivity index (χ1) is 13.1. The van der Waals surface area contributed by atoms with E-state index < -0.39 is 0 Å². The van der Waals surface area contributed by atoms with E-state index in [1.807, 2.05) is 24.0 Å². The molecule has 0 bridgehead atoms. The number of nitrogens with zero attached hydrogens (tertiary/aromatic N) is 5. The molecule has 2 fully saturated rings. The summed E-state index contributed by atoms with van der Waals surface area (Å²) in [5.41, 5.74) is 2.01. The van der Waals surface area contributed by atoms with Gasteiger partial charge >= 0.3 is 0 Å². The number of carbonyl (C=O) groups excluding carboxylic acids is 1. The maximum Gasteiger partial charge on any atom is 0.257 e. The van der Waals surface area contributed by atoms with E-state index in [4.69, 9.17) is 4.74 Å². The van der Waals surface area contributed by atoms with Gasteiger partial charge in [-0.05, 0) is 38.9 Å². The van der Waals surface area contributed by atoms with Gasteiger partial charge in [-0.1, -0.05) is 0 Å². The summed E-state index contributed by atoms with van der Waals surface area (Å²) in [5, 5.41) is 0. The Morgan fingerprint density at radius 1 is 1.22 bits per heavy atom. The largest absolute Gasteiger partial charge is 0.372 e. The molecule has 142 valence electrons. The van der Waals surface area contributed by atoms with Gasteiger partial charge in [0.05, 0.1) is 23.5 Å². The zero-order chi connectivity index (χ0) is 18.9. The van der Waals surface area contributed by atoms with Crippen LogP contribution in [0, 0.1) is 6.92 Å². The number of aromatic nitrogens is 3. The third-order valence-electron chi connectivity index (χ3n) is 5.53. The number of likely N-dealkylation sites (N-methyl/N-ethyl adjacent to an activating group) is 1. The van der Waals surface area contributed by atoms with Gasteiger partial charge in [0, 0.05) is 50.3 Å². The first-order valence-electron chi connectivity index (χ1n) is 9.42. The summed E-state index contributed by atoms with van der Waals surface area (Å²) in [5.74, 6) is 0.595. The lowest BCUT2D eigenvalue weighted by atomic mass is 9.89. The third-order valence-corrected chi connectivity index (χ3v) is 5.53. The normalized spacial score (nSPS) is 20.0. The average Bonchev–Trinajstić information content (AvgIpc) is 2.68. The third kappa shape index (κ3) is 3.70. The average molecular weight is 367 g/mol. The molecule has 0 aromatic carbocycles. The Morgan fingerprint density at radius 2 is 2.04 bits per heavy atom. The molecule has 2 aliphatic heterocycles. The molecule has 1 amide bonds. The van der Waals surface area contributed by atoms with Crippen LogP contribution < -0.4 is 0 Å². The Bertz CT molecular complexity index is 818. The van der Waals surface area contributed by atoms with Crippen molar-refractivity contribution in [3.05, 3.63) is 42.0 Å². The van der Waals surface area contributed by atoms with E-state index in [-0.39, 0.29) is 11.5 Å². The zero-order valence-electron chi connectivity index (χ0n) is 15.9. The molecule has 0 N–H and O–H groups in total. The summed E-state index contributed by atoms with van der Waals surface area (Å²) in [6.45, 7) is 5.96. The molecule has 2 aliphatic rings. The van der Waals surface area contributed by atoms with Gasteiger partial charge in [0.15, 0.2) is 5.82 Å². The second-order valence-electron chi connectivity index (χ2n) is 7.50. The lowest BCUT2D eigenvalue weighted by Crippen LogP contribution is -2.56.